The van der Waals surface area contributed by atoms with Gasteiger partial charge in [0, 0.05) is 3.57 Å². The maximum absolute atomic E-state index is 12.1. The Bertz CT molecular complexity index is 253. The lowest BCUT2D eigenvalue weighted by Crippen LogP contribution is -2.18. The largest absolute Gasteiger partial charge is 0.319 e. The molecule has 1 aromatic rings. The summed E-state index contributed by atoms with van der Waals surface area (Å²) in [7, 11) is 0. The first-order chi connectivity index (χ1) is 5.61. The van der Waals surface area contributed by atoms with Gasteiger partial charge in [-0.25, -0.2) is 8.78 Å². The molecule has 0 unspecified atom stereocenters. The minimum Gasteiger partial charge on any atom is -0.319 e. The second-order valence-corrected chi connectivity index (χ2v) is 3.66. The van der Waals surface area contributed by atoms with Gasteiger partial charge in [0.15, 0.2) is 0 Å². The van der Waals surface area contributed by atoms with Crippen molar-refractivity contribution in [1.82, 2.24) is 0 Å². The van der Waals surface area contributed by atoms with Crippen molar-refractivity contribution in [3.8, 4) is 0 Å². The quantitative estimate of drug-likeness (QED) is 0.833. The van der Waals surface area contributed by atoms with Crippen molar-refractivity contribution < 1.29 is 8.78 Å². The van der Waals surface area contributed by atoms with Crippen LogP contribution in [0, 0.1) is 3.57 Å². The van der Waals surface area contributed by atoms with Crippen LogP contribution in [0.15, 0.2) is 24.3 Å². The van der Waals surface area contributed by atoms with Gasteiger partial charge in [-0.15, -0.1) is 12.4 Å². The van der Waals surface area contributed by atoms with Gasteiger partial charge in [-0.1, -0.05) is 12.1 Å². The van der Waals surface area contributed by atoms with Crippen molar-refractivity contribution in [2.24, 2.45) is 5.73 Å². The molecular formula is C8H9ClF2IN. The van der Waals surface area contributed by atoms with E-state index >= 15 is 0 Å². The fraction of sp³-hybridized carbons (Fsp3) is 0.250. The molecule has 13 heavy (non-hydrogen) atoms. The summed E-state index contributed by atoms with van der Waals surface area (Å²) in [6.45, 7) is 0. The third-order valence-corrected chi connectivity index (χ3v) is 2.25. The van der Waals surface area contributed by atoms with E-state index in [1.54, 1.807) is 24.3 Å². The van der Waals surface area contributed by atoms with Crippen molar-refractivity contribution in [1.29, 1.82) is 0 Å². The molecule has 0 heterocycles. The molecule has 0 spiro atoms. The Kier molecular flexibility index (Phi) is 5.75. The molecule has 0 aliphatic rings. The topological polar surface area (TPSA) is 26.0 Å². The molecule has 0 radical (unpaired) electrons. The Morgan fingerprint density at radius 2 is 1.62 bits per heavy atom. The van der Waals surface area contributed by atoms with E-state index < -0.39 is 12.5 Å². The summed E-state index contributed by atoms with van der Waals surface area (Å²) in [5.41, 5.74) is 5.71. The zero-order chi connectivity index (χ0) is 9.14. The van der Waals surface area contributed by atoms with Crippen LogP contribution in [0.3, 0.4) is 0 Å². The molecule has 0 aromatic heterocycles. The number of nitrogens with two attached hydrogens (primary N) is 1. The fourth-order valence-electron chi connectivity index (χ4n) is 0.830. The minimum absolute atomic E-state index is 0. The Morgan fingerprint density at radius 3 is 2.00 bits per heavy atom. The SMILES string of the molecule is Cl.N[C@H](c1ccc(I)cc1)C(F)F. The van der Waals surface area contributed by atoms with Gasteiger partial charge in [0.05, 0.1) is 6.04 Å². The maximum atomic E-state index is 12.1. The van der Waals surface area contributed by atoms with E-state index in [0.717, 1.165) is 3.57 Å². The zero-order valence-corrected chi connectivity index (χ0v) is 9.56. The third kappa shape index (κ3) is 3.74. The second-order valence-electron chi connectivity index (χ2n) is 2.41. The molecule has 0 bridgehead atoms. The van der Waals surface area contributed by atoms with Crippen LogP contribution in [0.5, 0.6) is 0 Å². The van der Waals surface area contributed by atoms with Crippen LogP contribution in [0.1, 0.15) is 11.6 Å². The normalized spacial score (nSPS) is 12.4. The highest BCUT2D eigenvalue weighted by Gasteiger charge is 2.16. The maximum Gasteiger partial charge on any atom is 0.257 e. The van der Waals surface area contributed by atoms with Crippen LogP contribution >= 0.6 is 35.0 Å². The molecular weight excluding hydrogens is 310 g/mol. The second kappa shape index (κ2) is 5.72. The van der Waals surface area contributed by atoms with Gasteiger partial charge in [-0.05, 0) is 40.3 Å². The lowest BCUT2D eigenvalue weighted by Gasteiger charge is -2.09. The molecule has 0 saturated heterocycles. The van der Waals surface area contributed by atoms with E-state index in [9.17, 15) is 8.78 Å². The molecule has 0 fully saturated rings. The lowest BCUT2D eigenvalue weighted by molar-refractivity contribution is 0.116. The Morgan fingerprint density at radius 1 is 1.15 bits per heavy atom. The number of benzene rings is 1. The van der Waals surface area contributed by atoms with E-state index in [2.05, 4.69) is 22.6 Å². The van der Waals surface area contributed by atoms with E-state index in [4.69, 9.17) is 5.73 Å². The molecule has 0 amide bonds. The number of hydrogen-bond donors (Lipinski definition) is 1. The average molecular weight is 320 g/mol. The fourth-order valence-corrected chi connectivity index (χ4v) is 1.19. The highest BCUT2D eigenvalue weighted by Crippen LogP contribution is 2.18. The first-order valence-corrected chi connectivity index (χ1v) is 4.48. The van der Waals surface area contributed by atoms with Gasteiger partial charge in [0.2, 0.25) is 0 Å². The van der Waals surface area contributed by atoms with Crippen molar-refractivity contribution in [2.75, 3.05) is 0 Å². The van der Waals surface area contributed by atoms with E-state index in [1.165, 1.54) is 0 Å². The molecule has 5 heteroatoms. The van der Waals surface area contributed by atoms with Crippen LogP contribution in [0.4, 0.5) is 8.78 Å². The predicted molar refractivity (Wildman–Crippen MR) is 59.3 cm³/mol. The van der Waals surface area contributed by atoms with Gasteiger partial charge >= 0.3 is 0 Å². The monoisotopic (exact) mass is 319 g/mol. The molecule has 0 aliphatic heterocycles. The standard InChI is InChI=1S/C8H8F2IN.ClH/c9-8(10)7(12)5-1-3-6(11)4-2-5;/h1-4,7-8H,12H2;1H/t7-;/m1./s1. The lowest BCUT2D eigenvalue weighted by atomic mass is 10.1. The van der Waals surface area contributed by atoms with Crippen LogP contribution in [-0.2, 0) is 0 Å². The minimum atomic E-state index is -2.50. The van der Waals surface area contributed by atoms with Crippen molar-refractivity contribution >= 4 is 35.0 Å². The van der Waals surface area contributed by atoms with E-state index in [1.807, 2.05) is 0 Å². The van der Waals surface area contributed by atoms with Crippen molar-refractivity contribution in [3.05, 3.63) is 33.4 Å². The smallest absolute Gasteiger partial charge is 0.257 e. The number of halogens is 4. The van der Waals surface area contributed by atoms with Gasteiger partial charge in [-0.2, -0.15) is 0 Å². The first kappa shape index (κ1) is 13.1. The number of rotatable bonds is 2. The Labute approximate surface area is 95.2 Å². The van der Waals surface area contributed by atoms with Crippen LogP contribution in [0.25, 0.3) is 0 Å². The molecule has 74 valence electrons. The van der Waals surface area contributed by atoms with Gasteiger partial charge in [0.1, 0.15) is 0 Å². The molecule has 1 nitrogen and oxygen atoms in total. The van der Waals surface area contributed by atoms with Crippen LogP contribution in [-0.4, -0.2) is 6.43 Å². The zero-order valence-electron chi connectivity index (χ0n) is 6.58. The summed E-state index contributed by atoms with van der Waals surface area (Å²) in [5, 5.41) is 0. The van der Waals surface area contributed by atoms with Gasteiger partial charge in [0.25, 0.3) is 6.43 Å². The molecule has 1 aromatic carbocycles. The van der Waals surface area contributed by atoms with Gasteiger partial charge < -0.3 is 5.73 Å². The van der Waals surface area contributed by atoms with Crippen LogP contribution < -0.4 is 5.73 Å². The summed E-state index contributed by atoms with van der Waals surface area (Å²) >= 11 is 2.11. The summed E-state index contributed by atoms with van der Waals surface area (Å²) < 4.78 is 25.2. The highest BCUT2D eigenvalue weighted by atomic mass is 127. The van der Waals surface area contributed by atoms with Crippen molar-refractivity contribution in [3.63, 3.8) is 0 Å². The van der Waals surface area contributed by atoms with E-state index in [-0.39, 0.29) is 12.4 Å². The summed E-state index contributed by atoms with van der Waals surface area (Å²) in [4.78, 5) is 0. The van der Waals surface area contributed by atoms with Crippen molar-refractivity contribution in [2.45, 2.75) is 12.5 Å². The average Bonchev–Trinajstić information content (AvgIpc) is 2.04. The third-order valence-electron chi connectivity index (χ3n) is 1.53. The number of hydrogen-bond acceptors (Lipinski definition) is 1. The van der Waals surface area contributed by atoms with E-state index in [0.29, 0.717) is 5.56 Å². The molecule has 1 atom stereocenters. The van der Waals surface area contributed by atoms with Crippen LogP contribution in [0.2, 0.25) is 0 Å². The molecule has 2 N–H and O–H groups in total. The molecule has 0 aliphatic carbocycles. The molecule has 1 rings (SSSR count). The highest BCUT2D eigenvalue weighted by molar-refractivity contribution is 14.1. The Balaban J connectivity index is 0.00000144. The summed E-state index contributed by atoms with van der Waals surface area (Å²) in [6, 6.07) is 5.61. The summed E-state index contributed by atoms with van der Waals surface area (Å²) in [5.74, 6) is 0. The van der Waals surface area contributed by atoms with Gasteiger partial charge in [-0.3, -0.25) is 0 Å². The Hall–Kier alpha value is 0.0600. The predicted octanol–water partition coefficient (Wildman–Crippen LogP) is 2.98. The number of alkyl halides is 2. The first-order valence-electron chi connectivity index (χ1n) is 3.40. The molecule has 0 saturated carbocycles. The summed E-state index contributed by atoms with van der Waals surface area (Å²) in [6.07, 6.45) is -2.50.